The lowest BCUT2D eigenvalue weighted by Crippen LogP contribution is -2.18. The number of carbonyl (C=O) groups is 2. The summed E-state index contributed by atoms with van der Waals surface area (Å²) in [5.41, 5.74) is 5.33. The Morgan fingerprint density at radius 3 is 2.60 bits per heavy atom. The molecule has 0 fully saturated rings. The van der Waals surface area contributed by atoms with Crippen molar-refractivity contribution in [2.24, 2.45) is 5.73 Å². The summed E-state index contributed by atoms with van der Waals surface area (Å²) < 4.78 is 18.0. The number of carbonyl (C=O) groups excluding carboxylic acids is 2. The fraction of sp³-hybridized carbons (Fsp3) is 0.214. The van der Waals surface area contributed by atoms with E-state index in [1.165, 1.54) is 25.1 Å². The monoisotopic (exact) mass is 276 g/mol. The van der Waals surface area contributed by atoms with E-state index in [1.54, 1.807) is 12.1 Å². The summed E-state index contributed by atoms with van der Waals surface area (Å²) in [5, 5.41) is 8.70. The van der Waals surface area contributed by atoms with Crippen molar-refractivity contribution in [2.75, 3.05) is 6.61 Å². The Morgan fingerprint density at radius 1 is 1.40 bits per heavy atom. The molecule has 0 aliphatic heterocycles. The van der Waals surface area contributed by atoms with E-state index in [2.05, 4.69) is 0 Å². The maximum Gasteiger partial charge on any atom is 0.310 e. The lowest BCUT2D eigenvalue weighted by atomic mass is 10.1. The summed E-state index contributed by atoms with van der Waals surface area (Å²) in [6.45, 7) is 0.808. The third kappa shape index (κ3) is 4.21. The Bertz CT molecular complexity index is 599. The van der Waals surface area contributed by atoms with Crippen molar-refractivity contribution < 1.29 is 18.7 Å². The fourth-order valence-corrected chi connectivity index (χ4v) is 1.44. The van der Waals surface area contributed by atoms with Gasteiger partial charge in [0.25, 0.3) is 0 Å². The molecule has 0 saturated heterocycles. The highest BCUT2D eigenvalue weighted by Gasteiger charge is 2.15. The van der Waals surface area contributed by atoms with Crippen LogP contribution in [0, 0.1) is 17.1 Å². The zero-order valence-corrected chi connectivity index (χ0v) is 10.9. The minimum Gasteiger partial charge on any atom is -0.457 e. The Kier molecular flexibility index (Phi) is 5.42. The number of nitriles is 1. The zero-order valence-electron chi connectivity index (χ0n) is 10.9. The van der Waals surface area contributed by atoms with Crippen LogP contribution in [-0.2, 0) is 20.7 Å². The van der Waals surface area contributed by atoms with Gasteiger partial charge in [0.05, 0.1) is 6.42 Å². The minimum absolute atomic E-state index is 0.0580. The quantitative estimate of drug-likeness (QED) is 0.496. The number of hydrogen-bond donors (Lipinski definition) is 1. The van der Waals surface area contributed by atoms with E-state index >= 15 is 0 Å². The number of hydrogen-bond acceptors (Lipinski definition) is 5. The smallest absolute Gasteiger partial charge is 0.310 e. The minimum atomic E-state index is -0.754. The van der Waals surface area contributed by atoms with Crippen LogP contribution in [0.4, 0.5) is 4.39 Å². The third-order valence-electron chi connectivity index (χ3n) is 2.44. The summed E-state index contributed by atoms with van der Waals surface area (Å²) in [6, 6.07) is 7.40. The van der Waals surface area contributed by atoms with Crippen LogP contribution >= 0.6 is 0 Å². The standard InChI is InChI=1S/C14H13FN2O3/c1-9(17)11(7-16)13(18)8-20-14(19)6-10-4-2-3-5-12(10)15/h2-5H,6,8,17H2,1H3/b11-9+. The van der Waals surface area contributed by atoms with E-state index in [-0.39, 0.29) is 23.3 Å². The number of Topliss-reactive ketones (excluding diaryl/α,β-unsaturated/α-hetero) is 1. The molecule has 20 heavy (non-hydrogen) atoms. The molecule has 104 valence electrons. The van der Waals surface area contributed by atoms with Gasteiger partial charge in [-0.2, -0.15) is 5.26 Å². The number of halogens is 1. The zero-order chi connectivity index (χ0) is 15.1. The van der Waals surface area contributed by atoms with Crippen molar-refractivity contribution in [1.29, 1.82) is 5.26 Å². The topological polar surface area (TPSA) is 93.2 Å². The molecule has 0 unspecified atom stereocenters. The van der Waals surface area contributed by atoms with Crippen molar-refractivity contribution in [3.63, 3.8) is 0 Å². The van der Waals surface area contributed by atoms with E-state index in [4.69, 9.17) is 15.7 Å². The Labute approximate surface area is 115 Å². The number of nitrogens with zero attached hydrogens (tertiary/aromatic N) is 1. The lowest BCUT2D eigenvalue weighted by Gasteiger charge is -2.05. The molecular formula is C14H13FN2O3. The van der Waals surface area contributed by atoms with Crippen LogP contribution in [0.2, 0.25) is 0 Å². The van der Waals surface area contributed by atoms with Gasteiger partial charge >= 0.3 is 5.97 Å². The maximum absolute atomic E-state index is 13.3. The van der Waals surface area contributed by atoms with Crippen LogP contribution < -0.4 is 5.73 Å². The van der Waals surface area contributed by atoms with Gasteiger partial charge in [0.15, 0.2) is 6.61 Å². The molecule has 1 aromatic rings. The molecule has 1 rings (SSSR count). The first kappa shape index (κ1) is 15.4. The van der Waals surface area contributed by atoms with Crippen LogP contribution in [0.25, 0.3) is 0 Å². The molecule has 0 aromatic heterocycles. The predicted molar refractivity (Wildman–Crippen MR) is 68.6 cm³/mol. The van der Waals surface area contributed by atoms with E-state index in [9.17, 15) is 14.0 Å². The second-order valence-electron chi connectivity index (χ2n) is 4.02. The van der Waals surface area contributed by atoms with E-state index in [0.29, 0.717) is 0 Å². The first-order valence-corrected chi connectivity index (χ1v) is 5.74. The van der Waals surface area contributed by atoms with Crippen LogP contribution in [0.3, 0.4) is 0 Å². The number of allylic oxidation sites excluding steroid dienone is 1. The maximum atomic E-state index is 13.3. The van der Waals surface area contributed by atoms with Gasteiger partial charge < -0.3 is 10.5 Å². The first-order chi connectivity index (χ1) is 9.45. The summed E-state index contributed by atoms with van der Waals surface area (Å²) in [5.74, 6) is -1.96. The highest BCUT2D eigenvalue weighted by atomic mass is 19.1. The molecule has 0 bridgehead atoms. The SMILES string of the molecule is C/C(N)=C(/C#N)C(=O)COC(=O)Cc1ccccc1F. The second-order valence-corrected chi connectivity index (χ2v) is 4.02. The van der Waals surface area contributed by atoms with Crippen molar-refractivity contribution in [3.05, 3.63) is 46.9 Å². The molecule has 0 aliphatic carbocycles. The molecule has 0 heterocycles. The van der Waals surface area contributed by atoms with Gasteiger partial charge in [0.2, 0.25) is 5.78 Å². The summed E-state index contributed by atoms with van der Waals surface area (Å²) >= 11 is 0. The normalized spacial score (nSPS) is 11.2. The Balaban J connectivity index is 2.58. The average molecular weight is 276 g/mol. The molecule has 5 nitrogen and oxygen atoms in total. The average Bonchev–Trinajstić information content (AvgIpc) is 2.39. The summed E-state index contributed by atoms with van der Waals surface area (Å²) in [7, 11) is 0. The predicted octanol–water partition coefficient (Wildman–Crippen LogP) is 1.24. The van der Waals surface area contributed by atoms with E-state index in [0.717, 1.165) is 0 Å². The van der Waals surface area contributed by atoms with Crippen LogP contribution in [-0.4, -0.2) is 18.4 Å². The van der Waals surface area contributed by atoms with E-state index < -0.39 is 24.2 Å². The number of rotatable bonds is 5. The molecular weight excluding hydrogens is 263 g/mol. The van der Waals surface area contributed by atoms with Gasteiger partial charge in [0, 0.05) is 5.70 Å². The number of benzene rings is 1. The van der Waals surface area contributed by atoms with Gasteiger partial charge in [0.1, 0.15) is 17.5 Å². The molecule has 0 aliphatic rings. The molecule has 0 atom stereocenters. The number of ether oxygens (including phenoxy) is 1. The summed E-state index contributed by atoms with van der Waals surface area (Å²) in [6.07, 6.45) is -0.285. The van der Waals surface area contributed by atoms with Crippen molar-refractivity contribution in [3.8, 4) is 6.07 Å². The number of ketones is 1. The van der Waals surface area contributed by atoms with Gasteiger partial charge in [-0.3, -0.25) is 9.59 Å². The van der Waals surface area contributed by atoms with Crippen LogP contribution in [0.1, 0.15) is 12.5 Å². The highest BCUT2D eigenvalue weighted by Crippen LogP contribution is 2.08. The number of nitrogens with two attached hydrogens (primary N) is 1. The van der Waals surface area contributed by atoms with Crippen LogP contribution in [0.5, 0.6) is 0 Å². The fourth-order valence-electron chi connectivity index (χ4n) is 1.44. The molecule has 0 saturated carbocycles. The van der Waals surface area contributed by atoms with Crippen molar-refractivity contribution >= 4 is 11.8 Å². The molecule has 1 aromatic carbocycles. The molecule has 0 spiro atoms. The molecule has 0 amide bonds. The van der Waals surface area contributed by atoms with E-state index in [1.807, 2.05) is 0 Å². The third-order valence-corrected chi connectivity index (χ3v) is 2.44. The van der Waals surface area contributed by atoms with Gasteiger partial charge in [-0.15, -0.1) is 0 Å². The summed E-state index contributed by atoms with van der Waals surface area (Å²) in [4.78, 5) is 23.0. The molecule has 0 radical (unpaired) electrons. The first-order valence-electron chi connectivity index (χ1n) is 5.74. The number of esters is 1. The largest absolute Gasteiger partial charge is 0.457 e. The highest BCUT2D eigenvalue weighted by molar-refractivity contribution is 6.01. The lowest BCUT2D eigenvalue weighted by molar-refractivity contribution is -0.146. The Hall–Kier alpha value is -2.68. The molecule has 6 heteroatoms. The van der Waals surface area contributed by atoms with Gasteiger partial charge in [-0.25, -0.2) is 4.39 Å². The van der Waals surface area contributed by atoms with Gasteiger partial charge in [-0.05, 0) is 18.6 Å². The van der Waals surface area contributed by atoms with Crippen LogP contribution in [0.15, 0.2) is 35.5 Å². The van der Waals surface area contributed by atoms with Crippen molar-refractivity contribution in [2.45, 2.75) is 13.3 Å². The Morgan fingerprint density at radius 2 is 2.05 bits per heavy atom. The van der Waals surface area contributed by atoms with Crippen molar-refractivity contribution in [1.82, 2.24) is 0 Å². The van der Waals surface area contributed by atoms with Gasteiger partial charge in [-0.1, -0.05) is 18.2 Å². The molecule has 2 N–H and O–H groups in total. The second kappa shape index (κ2) is 7.04.